The van der Waals surface area contributed by atoms with Gasteiger partial charge < -0.3 is 10.2 Å². The average molecular weight is 271 g/mol. The summed E-state index contributed by atoms with van der Waals surface area (Å²) in [5.41, 5.74) is 2.26. The molecular formula is C17H25N3. The van der Waals surface area contributed by atoms with E-state index in [1.54, 1.807) is 0 Å². The average Bonchev–Trinajstić information content (AvgIpc) is 2.43. The highest BCUT2D eigenvalue weighted by Gasteiger charge is 2.19. The second-order valence-electron chi connectivity index (χ2n) is 6.14. The van der Waals surface area contributed by atoms with Crippen molar-refractivity contribution < 1.29 is 0 Å². The summed E-state index contributed by atoms with van der Waals surface area (Å²) in [6.07, 6.45) is 2.92. The first-order valence-electron chi connectivity index (χ1n) is 7.62. The molecule has 0 saturated carbocycles. The molecular weight excluding hydrogens is 246 g/mol. The Kier molecular flexibility index (Phi) is 5.43. The summed E-state index contributed by atoms with van der Waals surface area (Å²) < 4.78 is 0. The summed E-state index contributed by atoms with van der Waals surface area (Å²) in [6.45, 7) is 8.18. The van der Waals surface area contributed by atoms with Crippen LogP contribution in [0, 0.1) is 17.2 Å². The van der Waals surface area contributed by atoms with Crippen molar-refractivity contribution >= 4 is 5.69 Å². The first kappa shape index (κ1) is 14.9. The van der Waals surface area contributed by atoms with E-state index in [9.17, 15) is 0 Å². The zero-order valence-electron chi connectivity index (χ0n) is 12.6. The number of piperidine rings is 1. The van der Waals surface area contributed by atoms with E-state index < -0.39 is 0 Å². The van der Waals surface area contributed by atoms with E-state index in [2.05, 4.69) is 42.3 Å². The van der Waals surface area contributed by atoms with Crippen LogP contribution in [0.3, 0.4) is 0 Å². The molecule has 0 radical (unpaired) electrons. The zero-order valence-corrected chi connectivity index (χ0v) is 12.6. The van der Waals surface area contributed by atoms with E-state index in [1.165, 1.54) is 38.2 Å². The summed E-state index contributed by atoms with van der Waals surface area (Å²) in [5, 5.41) is 12.3. The van der Waals surface area contributed by atoms with Crippen molar-refractivity contribution in [2.24, 2.45) is 5.92 Å². The number of nitriles is 1. The molecule has 0 spiro atoms. The lowest BCUT2D eigenvalue weighted by atomic mass is 10.0. The van der Waals surface area contributed by atoms with E-state index in [1.807, 2.05) is 12.1 Å². The highest BCUT2D eigenvalue weighted by Crippen LogP contribution is 2.18. The summed E-state index contributed by atoms with van der Waals surface area (Å²) >= 11 is 0. The third-order valence-electron chi connectivity index (χ3n) is 3.82. The SMILES string of the molecule is CC(C)CN1CCC(Nc2ccc(CC#N)cc2)CC1. The largest absolute Gasteiger partial charge is 0.382 e. The number of likely N-dealkylation sites (tertiary alicyclic amines) is 1. The number of nitrogens with one attached hydrogen (secondary N) is 1. The van der Waals surface area contributed by atoms with Gasteiger partial charge in [-0.2, -0.15) is 5.26 Å². The Morgan fingerprint density at radius 3 is 2.45 bits per heavy atom. The van der Waals surface area contributed by atoms with Crippen LogP contribution >= 0.6 is 0 Å². The van der Waals surface area contributed by atoms with Crippen LogP contribution < -0.4 is 5.32 Å². The summed E-state index contributed by atoms with van der Waals surface area (Å²) in [6, 6.07) is 11.0. The van der Waals surface area contributed by atoms with Gasteiger partial charge >= 0.3 is 0 Å². The van der Waals surface area contributed by atoms with Crippen LogP contribution in [-0.4, -0.2) is 30.6 Å². The van der Waals surface area contributed by atoms with Crippen molar-refractivity contribution in [3.63, 3.8) is 0 Å². The summed E-state index contributed by atoms with van der Waals surface area (Å²) in [4.78, 5) is 2.57. The monoisotopic (exact) mass is 271 g/mol. The lowest BCUT2D eigenvalue weighted by Gasteiger charge is -2.33. The molecule has 0 bridgehead atoms. The molecule has 0 amide bonds. The number of hydrogen-bond acceptors (Lipinski definition) is 3. The molecule has 1 saturated heterocycles. The fourth-order valence-electron chi connectivity index (χ4n) is 2.82. The van der Waals surface area contributed by atoms with Crippen LogP contribution in [-0.2, 0) is 6.42 Å². The molecule has 1 heterocycles. The molecule has 1 aromatic rings. The van der Waals surface area contributed by atoms with Crippen molar-refractivity contribution in [1.29, 1.82) is 5.26 Å². The van der Waals surface area contributed by atoms with Crippen LogP contribution in [0.4, 0.5) is 5.69 Å². The highest BCUT2D eigenvalue weighted by molar-refractivity contribution is 5.45. The van der Waals surface area contributed by atoms with Gasteiger partial charge in [0.2, 0.25) is 0 Å². The second-order valence-corrected chi connectivity index (χ2v) is 6.14. The molecule has 0 aliphatic carbocycles. The molecule has 20 heavy (non-hydrogen) atoms. The minimum absolute atomic E-state index is 0.494. The Labute approximate surface area is 122 Å². The molecule has 2 rings (SSSR count). The number of anilines is 1. The minimum atomic E-state index is 0.494. The fraction of sp³-hybridized carbons (Fsp3) is 0.588. The lowest BCUT2D eigenvalue weighted by Crippen LogP contribution is -2.40. The van der Waals surface area contributed by atoms with Gasteiger partial charge in [-0.15, -0.1) is 0 Å². The predicted octanol–water partition coefficient (Wildman–Crippen LogP) is 3.28. The third-order valence-corrected chi connectivity index (χ3v) is 3.82. The maximum Gasteiger partial charge on any atom is 0.0669 e. The van der Waals surface area contributed by atoms with Crippen LogP contribution in [0.5, 0.6) is 0 Å². The van der Waals surface area contributed by atoms with Gasteiger partial charge in [0.15, 0.2) is 0 Å². The van der Waals surface area contributed by atoms with E-state index in [4.69, 9.17) is 5.26 Å². The molecule has 108 valence electrons. The molecule has 3 heteroatoms. The van der Waals surface area contributed by atoms with Gasteiger partial charge in [0.1, 0.15) is 0 Å². The maximum absolute atomic E-state index is 8.67. The topological polar surface area (TPSA) is 39.1 Å². The Morgan fingerprint density at radius 2 is 1.90 bits per heavy atom. The normalized spacial score (nSPS) is 17.1. The molecule has 1 N–H and O–H groups in total. The van der Waals surface area contributed by atoms with Crippen molar-refractivity contribution in [3.8, 4) is 6.07 Å². The number of nitrogens with zero attached hydrogens (tertiary/aromatic N) is 2. The van der Waals surface area contributed by atoms with Crippen molar-refractivity contribution in [2.75, 3.05) is 25.0 Å². The van der Waals surface area contributed by atoms with Gasteiger partial charge in [-0.3, -0.25) is 0 Å². The van der Waals surface area contributed by atoms with E-state index in [-0.39, 0.29) is 0 Å². The number of rotatable bonds is 5. The molecule has 1 fully saturated rings. The molecule has 0 atom stereocenters. The van der Waals surface area contributed by atoms with Crippen LogP contribution in [0.1, 0.15) is 32.3 Å². The predicted molar refractivity (Wildman–Crippen MR) is 83.7 cm³/mol. The van der Waals surface area contributed by atoms with E-state index >= 15 is 0 Å². The second kappa shape index (κ2) is 7.31. The molecule has 1 aromatic carbocycles. The highest BCUT2D eigenvalue weighted by atomic mass is 15.1. The van der Waals surface area contributed by atoms with E-state index in [0.717, 1.165) is 11.5 Å². The van der Waals surface area contributed by atoms with E-state index in [0.29, 0.717) is 12.5 Å². The maximum atomic E-state index is 8.67. The molecule has 3 nitrogen and oxygen atoms in total. The van der Waals surface area contributed by atoms with Crippen LogP contribution in [0.15, 0.2) is 24.3 Å². The molecule has 0 unspecified atom stereocenters. The molecule has 1 aliphatic heterocycles. The third kappa shape index (κ3) is 4.54. The zero-order chi connectivity index (χ0) is 14.4. The molecule has 1 aliphatic rings. The standard InChI is InChI=1S/C17H25N3/c1-14(2)13-20-11-8-17(9-12-20)19-16-5-3-15(4-6-16)7-10-18/h3-6,14,17,19H,7-9,11-13H2,1-2H3. The van der Waals surface area contributed by atoms with Gasteiger partial charge in [-0.05, 0) is 36.5 Å². The fourth-order valence-corrected chi connectivity index (χ4v) is 2.82. The molecule has 0 aromatic heterocycles. The quantitative estimate of drug-likeness (QED) is 0.893. The van der Waals surface area contributed by atoms with Gasteiger partial charge in [0, 0.05) is 31.4 Å². The summed E-state index contributed by atoms with van der Waals surface area (Å²) in [5.74, 6) is 0.757. The van der Waals surface area contributed by atoms with Gasteiger partial charge in [-0.1, -0.05) is 26.0 Å². The van der Waals surface area contributed by atoms with Gasteiger partial charge in [-0.25, -0.2) is 0 Å². The van der Waals surface area contributed by atoms with Crippen LogP contribution in [0.2, 0.25) is 0 Å². The van der Waals surface area contributed by atoms with Crippen molar-refractivity contribution in [1.82, 2.24) is 4.90 Å². The Morgan fingerprint density at radius 1 is 1.25 bits per heavy atom. The van der Waals surface area contributed by atoms with Crippen LogP contribution in [0.25, 0.3) is 0 Å². The summed E-state index contributed by atoms with van der Waals surface area (Å²) in [7, 11) is 0. The van der Waals surface area contributed by atoms with Gasteiger partial charge in [0.25, 0.3) is 0 Å². The number of benzene rings is 1. The smallest absolute Gasteiger partial charge is 0.0669 e. The Bertz CT molecular complexity index is 436. The first-order chi connectivity index (χ1) is 9.67. The van der Waals surface area contributed by atoms with Crippen molar-refractivity contribution in [3.05, 3.63) is 29.8 Å². The number of hydrogen-bond donors (Lipinski definition) is 1. The first-order valence-corrected chi connectivity index (χ1v) is 7.62. The Hall–Kier alpha value is -1.53. The Balaban J connectivity index is 1.79. The minimum Gasteiger partial charge on any atom is -0.382 e. The van der Waals surface area contributed by atoms with Gasteiger partial charge in [0.05, 0.1) is 12.5 Å². The lowest BCUT2D eigenvalue weighted by molar-refractivity contribution is 0.198. The van der Waals surface area contributed by atoms with Crippen molar-refractivity contribution in [2.45, 2.75) is 39.2 Å².